The number of ether oxygens (including phenoxy) is 2. The van der Waals surface area contributed by atoms with Crippen LogP contribution in [-0.2, 0) is 20.8 Å². The summed E-state index contributed by atoms with van der Waals surface area (Å²) in [6.45, 7) is 1.03. The zero-order valence-electron chi connectivity index (χ0n) is 19.3. The molecule has 1 saturated heterocycles. The highest BCUT2D eigenvalue weighted by Gasteiger charge is 2.36. The van der Waals surface area contributed by atoms with Gasteiger partial charge in [0, 0.05) is 31.4 Å². The molecule has 0 amide bonds. The summed E-state index contributed by atoms with van der Waals surface area (Å²) in [4.78, 5) is 11.1. The molecule has 36 heavy (non-hydrogen) atoms. The number of anilines is 3. The number of H-pyrrole nitrogens is 1. The summed E-state index contributed by atoms with van der Waals surface area (Å²) >= 11 is 0. The van der Waals surface area contributed by atoms with Crippen molar-refractivity contribution in [1.82, 2.24) is 20.3 Å². The average Bonchev–Trinajstić information content (AvgIpc) is 3.27. The third kappa shape index (κ3) is 4.67. The van der Waals surface area contributed by atoms with E-state index in [0.29, 0.717) is 12.2 Å². The molecular weight excluding hydrogens is 501 g/mol. The Morgan fingerprint density at radius 1 is 1.22 bits per heavy atom. The van der Waals surface area contributed by atoms with Crippen molar-refractivity contribution in [3.05, 3.63) is 30.0 Å². The van der Waals surface area contributed by atoms with Crippen LogP contribution in [0.3, 0.4) is 0 Å². The Kier molecular flexibility index (Phi) is 6.43. The van der Waals surface area contributed by atoms with E-state index >= 15 is 0 Å². The zero-order chi connectivity index (χ0) is 25.5. The molecule has 0 spiro atoms. The van der Waals surface area contributed by atoms with E-state index < -0.39 is 27.0 Å². The maximum Gasteiger partial charge on any atom is 0.418 e. The number of alkyl halides is 3. The van der Waals surface area contributed by atoms with Crippen LogP contribution in [0.1, 0.15) is 24.8 Å². The summed E-state index contributed by atoms with van der Waals surface area (Å²) < 4.78 is 77.5. The van der Waals surface area contributed by atoms with Crippen molar-refractivity contribution in [2.75, 3.05) is 37.4 Å². The van der Waals surface area contributed by atoms with Crippen LogP contribution in [0.25, 0.3) is 11.0 Å². The van der Waals surface area contributed by atoms with Crippen molar-refractivity contribution in [3.63, 3.8) is 0 Å². The third-order valence-electron chi connectivity index (χ3n) is 6.27. The van der Waals surface area contributed by atoms with Crippen molar-refractivity contribution >= 4 is 38.3 Å². The maximum atomic E-state index is 13.6. The lowest BCUT2D eigenvalue weighted by Crippen LogP contribution is -2.43. The maximum absolute atomic E-state index is 13.6. The Balaban J connectivity index is 1.48. The SMILES string of the molecule is COc1cc(S(=O)(=O)C2CNCCO2)ccc1Nc1nc(NC2CCC2)c2c(C(F)(F)F)c[nH]c2n1. The predicted octanol–water partition coefficient (Wildman–Crippen LogP) is 3.41. The predicted molar refractivity (Wildman–Crippen MR) is 126 cm³/mol. The van der Waals surface area contributed by atoms with E-state index in [1.165, 1.54) is 25.3 Å². The smallest absolute Gasteiger partial charge is 0.418 e. The minimum absolute atomic E-state index is 0.0153. The molecule has 5 rings (SSSR count). The quantitative estimate of drug-likeness (QED) is 0.366. The summed E-state index contributed by atoms with van der Waals surface area (Å²) in [6, 6.07) is 4.28. The van der Waals surface area contributed by atoms with Crippen molar-refractivity contribution < 1.29 is 31.1 Å². The number of rotatable bonds is 7. The fourth-order valence-corrected chi connectivity index (χ4v) is 5.57. The number of nitrogens with one attached hydrogen (secondary N) is 4. The second-order valence-corrected chi connectivity index (χ2v) is 10.7. The second kappa shape index (κ2) is 9.41. The molecule has 3 heterocycles. The van der Waals surface area contributed by atoms with Gasteiger partial charge in [-0.1, -0.05) is 0 Å². The van der Waals surface area contributed by atoms with Gasteiger partial charge in [0.05, 0.1) is 35.2 Å². The van der Waals surface area contributed by atoms with E-state index in [2.05, 4.69) is 30.9 Å². The van der Waals surface area contributed by atoms with Crippen molar-refractivity contribution in [2.45, 2.75) is 41.8 Å². The van der Waals surface area contributed by atoms with Gasteiger partial charge in [-0.25, -0.2) is 8.42 Å². The first-order valence-electron chi connectivity index (χ1n) is 11.4. The lowest BCUT2D eigenvalue weighted by atomic mass is 9.93. The second-order valence-electron chi connectivity index (χ2n) is 8.63. The molecule has 1 aliphatic heterocycles. The van der Waals surface area contributed by atoms with Gasteiger partial charge in [0.15, 0.2) is 5.44 Å². The fraction of sp³-hybridized carbons (Fsp3) is 0.455. The number of methoxy groups -OCH3 is 1. The standard InChI is InChI=1S/C22H25F3N6O4S/c1-34-16-9-13(36(32,33)17-11-26-7-8-35-17)5-6-15(16)29-21-30-19-18(14(10-27-19)22(23,24)25)20(31-21)28-12-3-2-4-12/h5-6,9-10,12,17,26H,2-4,7-8,11H2,1H3,(H3,27,28,29,30,31). The summed E-state index contributed by atoms with van der Waals surface area (Å²) in [5, 5.41) is 8.91. The molecule has 2 aliphatic rings. The minimum atomic E-state index is -4.57. The highest BCUT2D eigenvalue weighted by molar-refractivity contribution is 7.92. The molecule has 3 aromatic rings. The Hall–Kier alpha value is -3.10. The van der Waals surface area contributed by atoms with Gasteiger partial charge in [-0.15, -0.1) is 0 Å². The number of hydrogen-bond donors (Lipinski definition) is 4. The van der Waals surface area contributed by atoms with Crippen LogP contribution in [-0.4, -0.2) is 61.7 Å². The zero-order valence-corrected chi connectivity index (χ0v) is 20.1. The van der Waals surface area contributed by atoms with Gasteiger partial charge in [0.25, 0.3) is 0 Å². The van der Waals surface area contributed by atoms with Crippen molar-refractivity contribution in [1.29, 1.82) is 0 Å². The molecule has 1 unspecified atom stereocenters. The van der Waals surface area contributed by atoms with Crippen LogP contribution < -0.4 is 20.7 Å². The van der Waals surface area contributed by atoms with Crippen LogP contribution in [0.2, 0.25) is 0 Å². The highest BCUT2D eigenvalue weighted by Crippen LogP contribution is 2.39. The molecule has 0 bridgehead atoms. The van der Waals surface area contributed by atoms with Crippen molar-refractivity contribution in [2.24, 2.45) is 0 Å². The van der Waals surface area contributed by atoms with Crippen LogP contribution in [0.4, 0.5) is 30.6 Å². The van der Waals surface area contributed by atoms with E-state index in [1.807, 2.05) is 0 Å². The fourth-order valence-electron chi connectivity index (χ4n) is 4.13. The number of aromatic nitrogens is 3. The van der Waals surface area contributed by atoms with Gasteiger partial charge in [-0.05, 0) is 31.4 Å². The Labute approximate surface area is 204 Å². The average molecular weight is 527 g/mol. The Morgan fingerprint density at radius 2 is 2.03 bits per heavy atom. The molecule has 194 valence electrons. The van der Waals surface area contributed by atoms with E-state index in [1.54, 1.807) is 0 Å². The van der Waals surface area contributed by atoms with E-state index in [-0.39, 0.29) is 52.6 Å². The highest BCUT2D eigenvalue weighted by atomic mass is 32.2. The molecule has 1 atom stereocenters. The molecule has 2 fully saturated rings. The van der Waals surface area contributed by atoms with Crippen molar-refractivity contribution in [3.8, 4) is 5.75 Å². The molecule has 1 aromatic carbocycles. The van der Waals surface area contributed by atoms with E-state index in [4.69, 9.17) is 9.47 Å². The van der Waals surface area contributed by atoms with Gasteiger partial charge in [-0.3, -0.25) is 0 Å². The summed E-state index contributed by atoms with van der Waals surface area (Å²) in [5.41, 5.74) is -1.51. The number of morpholine rings is 1. The molecule has 2 aromatic heterocycles. The minimum Gasteiger partial charge on any atom is -0.495 e. The number of hydrogen-bond acceptors (Lipinski definition) is 9. The monoisotopic (exact) mass is 526 g/mol. The normalized spacial score (nSPS) is 19.2. The summed E-state index contributed by atoms with van der Waals surface area (Å²) in [5.74, 6) is 0.286. The van der Waals surface area contributed by atoms with Crippen LogP contribution in [0, 0.1) is 0 Å². The van der Waals surface area contributed by atoms with Gasteiger partial charge in [-0.2, -0.15) is 23.1 Å². The molecule has 10 nitrogen and oxygen atoms in total. The third-order valence-corrected chi connectivity index (χ3v) is 8.18. The Bertz CT molecular complexity index is 1370. The molecular formula is C22H25F3N6O4S. The van der Waals surface area contributed by atoms with E-state index in [9.17, 15) is 21.6 Å². The first-order valence-corrected chi connectivity index (χ1v) is 13.0. The summed E-state index contributed by atoms with van der Waals surface area (Å²) in [7, 11) is -2.41. The number of halogens is 3. The largest absolute Gasteiger partial charge is 0.495 e. The number of sulfone groups is 1. The van der Waals surface area contributed by atoms with Gasteiger partial charge in [0.2, 0.25) is 15.8 Å². The van der Waals surface area contributed by atoms with Gasteiger partial charge in [0.1, 0.15) is 17.2 Å². The number of fused-ring (bicyclic) bond motifs is 1. The van der Waals surface area contributed by atoms with Crippen LogP contribution in [0.5, 0.6) is 5.75 Å². The molecule has 1 saturated carbocycles. The Morgan fingerprint density at radius 3 is 2.67 bits per heavy atom. The first-order chi connectivity index (χ1) is 17.2. The molecule has 0 radical (unpaired) electrons. The van der Waals surface area contributed by atoms with Gasteiger partial charge >= 0.3 is 6.18 Å². The molecule has 1 aliphatic carbocycles. The molecule has 4 N–H and O–H groups in total. The number of benzene rings is 1. The van der Waals surface area contributed by atoms with E-state index in [0.717, 1.165) is 25.5 Å². The lowest BCUT2D eigenvalue weighted by Gasteiger charge is -2.27. The van der Waals surface area contributed by atoms with Crippen LogP contribution >= 0.6 is 0 Å². The van der Waals surface area contributed by atoms with Gasteiger partial charge < -0.3 is 30.4 Å². The number of nitrogens with zero attached hydrogens (tertiary/aromatic N) is 2. The first kappa shape index (κ1) is 24.6. The number of aromatic amines is 1. The molecule has 14 heteroatoms. The van der Waals surface area contributed by atoms with Crippen LogP contribution in [0.15, 0.2) is 29.3 Å². The summed E-state index contributed by atoms with van der Waals surface area (Å²) in [6.07, 6.45) is -1.04. The lowest BCUT2D eigenvalue weighted by molar-refractivity contribution is -0.136. The topological polar surface area (TPSA) is 130 Å².